The maximum Gasteiger partial charge on any atom is 0.425 e. The lowest BCUT2D eigenvalue weighted by atomic mass is 10.2. The van der Waals surface area contributed by atoms with Gasteiger partial charge in [0.2, 0.25) is 0 Å². The second kappa shape index (κ2) is 7.35. The molecule has 1 amide bonds. The molecule has 1 aromatic carbocycles. The lowest BCUT2D eigenvalue weighted by Crippen LogP contribution is -3.00. The van der Waals surface area contributed by atoms with Crippen molar-refractivity contribution < 1.29 is 34.8 Å². The van der Waals surface area contributed by atoms with E-state index < -0.39 is 22.4 Å². The molecule has 1 fully saturated rings. The molecule has 1 saturated heterocycles. The molecule has 1 aliphatic rings. The van der Waals surface area contributed by atoms with E-state index in [0.29, 0.717) is 26.0 Å². The van der Waals surface area contributed by atoms with E-state index in [9.17, 15) is 13.2 Å². The highest BCUT2D eigenvalue weighted by atomic mass is 35.5. The zero-order chi connectivity index (χ0) is 17.4. The lowest BCUT2D eigenvalue weighted by molar-refractivity contribution is -0.873. The van der Waals surface area contributed by atoms with Crippen LogP contribution < -0.4 is 17.1 Å². The van der Waals surface area contributed by atoms with Crippen LogP contribution in [-0.4, -0.2) is 63.6 Å². The van der Waals surface area contributed by atoms with Gasteiger partial charge in [0.1, 0.15) is 6.54 Å². The lowest BCUT2D eigenvalue weighted by Gasteiger charge is -2.25. The van der Waals surface area contributed by atoms with Crippen LogP contribution in [0, 0.1) is 6.92 Å². The van der Waals surface area contributed by atoms with Crippen molar-refractivity contribution in [2.45, 2.75) is 13.0 Å². The minimum Gasteiger partial charge on any atom is -1.00 e. The van der Waals surface area contributed by atoms with E-state index in [1.165, 1.54) is 6.07 Å². The van der Waals surface area contributed by atoms with E-state index in [0.717, 1.165) is 5.56 Å². The molecule has 0 aromatic heterocycles. The number of nitrogens with zero attached hydrogens (tertiary/aromatic N) is 2. The molecule has 7 nitrogen and oxygen atoms in total. The molecule has 0 bridgehead atoms. The predicted octanol–water partition coefficient (Wildman–Crippen LogP) is -1.16. The number of nitrogens with one attached hydrogen (secondary N) is 1. The molecule has 0 radical (unpaired) electrons. The van der Waals surface area contributed by atoms with Gasteiger partial charge in [-0.3, -0.25) is 4.72 Å². The van der Waals surface area contributed by atoms with Crippen LogP contribution in [-0.2, 0) is 14.9 Å². The summed E-state index contributed by atoms with van der Waals surface area (Å²) in [7, 11) is 1.79. The molecule has 0 spiro atoms. The standard InChI is InChI=1S/C14H21ClN3O4S.ClH/c1-10-5-6-11(7-13(10)15)16-23(20,21)17-8-12(22-14(17)19)9-18(2,3)4;/h5-7,12,16H,8-9H2,1-4H3;1H/q+1;/p-1/t12-;/m1./s1. The fourth-order valence-corrected chi connectivity index (χ4v) is 3.58. The molecule has 1 N–H and O–H groups in total. The van der Waals surface area contributed by atoms with Gasteiger partial charge in [0.15, 0.2) is 6.10 Å². The summed E-state index contributed by atoms with van der Waals surface area (Å²) in [6.07, 6.45) is -1.34. The highest BCUT2D eigenvalue weighted by Crippen LogP contribution is 2.23. The third-order valence-electron chi connectivity index (χ3n) is 3.30. The number of amides is 1. The van der Waals surface area contributed by atoms with Crippen LogP contribution in [0.1, 0.15) is 5.56 Å². The highest BCUT2D eigenvalue weighted by molar-refractivity contribution is 7.90. The number of aryl methyl sites for hydroxylation is 1. The number of ether oxygens (including phenoxy) is 1. The van der Waals surface area contributed by atoms with E-state index in [1.54, 1.807) is 12.1 Å². The summed E-state index contributed by atoms with van der Waals surface area (Å²) in [5.41, 5.74) is 1.13. The Morgan fingerprint density at radius 2 is 2.00 bits per heavy atom. The van der Waals surface area contributed by atoms with Gasteiger partial charge in [-0.25, -0.2) is 4.79 Å². The number of benzene rings is 1. The molecule has 1 atom stereocenters. The molecule has 1 aliphatic heterocycles. The first kappa shape index (κ1) is 20.8. The SMILES string of the molecule is Cc1ccc(NS(=O)(=O)N2C[C@H](C[N+](C)(C)C)OC2=O)cc1Cl.[Cl-]. The molecular weight excluding hydrogens is 377 g/mol. The van der Waals surface area contributed by atoms with Gasteiger partial charge >= 0.3 is 16.3 Å². The van der Waals surface area contributed by atoms with E-state index in [1.807, 2.05) is 28.1 Å². The number of carbonyl (C=O) groups excluding carboxylic acids is 1. The van der Waals surface area contributed by atoms with E-state index in [4.69, 9.17) is 16.3 Å². The van der Waals surface area contributed by atoms with Crippen LogP contribution in [0.2, 0.25) is 5.02 Å². The highest BCUT2D eigenvalue weighted by Gasteiger charge is 2.41. The van der Waals surface area contributed by atoms with Crippen molar-refractivity contribution in [1.82, 2.24) is 4.31 Å². The summed E-state index contributed by atoms with van der Waals surface area (Å²) in [6, 6.07) is 4.78. The van der Waals surface area contributed by atoms with E-state index in [2.05, 4.69) is 4.72 Å². The Hall–Kier alpha value is -1.22. The number of likely N-dealkylation sites (N-methyl/N-ethyl adjacent to an activating group) is 1. The molecule has 2 rings (SSSR count). The first-order valence-corrected chi connectivity index (χ1v) is 8.87. The first-order chi connectivity index (χ1) is 10.5. The van der Waals surface area contributed by atoms with Gasteiger partial charge in [0.05, 0.1) is 33.4 Å². The summed E-state index contributed by atoms with van der Waals surface area (Å²) in [4.78, 5) is 11.9. The number of halogens is 2. The molecule has 1 heterocycles. The van der Waals surface area contributed by atoms with Gasteiger partial charge in [-0.2, -0.15) is 12.7 Å². The number of rotatable bonds is 5. The number of cyclic esters (lactones) is 1. The maximum atomic E-state index is 12.4. The van der Waals surface area contributed by atoms with Crippen LogP contribution in [0.3, 0.4) is 0 Å². The average molecular weight is 398 g/mol. The third kappa shape index (κ3) is 5.14. The van der Waals surface area contributed by atoms with Gasteiger partial charge < -0.3 is 21.6 Å². The summed E-state index contributed by atoms with van der Waals surface area (Å²) < 4.78 is 33.5. The van der Waals surface area contributed by atoms with Crippen LogP contribution in [0.25, 0.3) is 0 Å². The topological polar surface area (TPSA) is 75.7 Å². The summed E-state index contributed by atoms with van der Waals surface area (Å²) in [5.74, 6) is 0. The zero-order valence-electron chi connectivity index (χ0n) is 13.9. The first-order valence-electron chi connectivity index (χ1n) is 7.06. The Labute approximate surface area is 153 Å². The Kier molecular flexibility index (Phi) is 6.37. The molecule has 1 aromatic rings. The second-order valence-electron chi connectivity index (χ2n) is 6.58. The van der Waals surface area contributed by atoms with E-state index >= 15 is 0 Å². The van der Waals surface area contributed by atoms with Gasteiger partial charge in [0.25, 0.3) is 0 Å². The Bertz CT molecular complexity index is 719. The Balaban J connectivity index is 0.00000288. The Morgan fingerprint density at radius 1 is 1.38 bits per heavy atom. The van der Waals surface area contributed by atoms with Crippen molar-refractivity contribution >= 4 is 33.6 Å². The number of quaternary nitrogens is 1. The van der Waals surface area contributed by atoms with Crippen LogP contribution in [0.4, 0.5) is 10.5 Å². The van der Waals surface area contributed by atoms with Crippen molar-refractivity contribution in [2.24, 2.45) is 0 Å². The molecule has 136 valence electrons. The molecule has 24 heavy (non-hydrogen) atoms. The van der Waals surface area contributed by atoms with Crippen molar-refractivity contribution in [1.29, 1.82) is 0 Å². The Morgan fingerprint density at radius 3 is 2.54 bits per heavy atom. The van der Waals surface area contributed by atoms with Gasteiger partial charge in [0, 0.05) is 5.02 Å². The predicted molar refractivity (Wildman–Crippen MR) is 88.6 cm³/mol. The maximum absolute atomic E-state index is 12.4. The quantitative estimate of drug-likeness (QED) is 0.635. The number of anilines is 1. The van der Waals surface area contributed by atoms with Crippen molar-refractivity contribution in [2.75, 3.05) is 39.0 Å². The molecular formula is C14H21Cl2N3O4S. The minimum atomic E-state index is -4.04. The van der Waals surface area contributed by atoms with Gasteiger partial charge in [-0.05, 0) is 24.6 Å². The summed E-state index contributed by atoms with van der Waals surface area (Å²) in [5, 5.41) is 0.442. The number of hydrogen-bond acceptors (Lipinski definition) is 4. The number of carbonyl (C=O) groups is 1. The average Bonchev–Trinajstić information content (AvgIpc) is 2.73. The van der Waals surface area contributed by atoms with Crippen molar-refractivity contribution in [3.63, 3.8) is 0 Å². The normalized spacial score (nSPS) is 18.1. The minimum absolute atomic E-state index is 0. The van der Waals surface area contributed by atoms with Crippen LogP contribution >= 0.6 is 11.6 Å². The molecule has 10 heteroatoms. The van der Waals surface area contributed by atoms with E-state index in [-0.39, 0.29) is 19.0 Å². The fraction of sp³-hybridized carbons (Fsp3) is 0.500. The number of hydrogen-bond donors (Lipinski definition) is 1. The zero-order valence-corrected chi connectivity index (χ0v) is 16.2. The molecule has 0 aliphatic carbocycles. The largest absolute Gasteiger partial charge is 1.00 e. The van der Waals surface area contributed by atoms with Crippen molar-refractivity contribution in [3.05, 3.63) is 28.8 Å². The molecule has 0 saturated carbocycles. The molecule has 0 unspecified atom stereocenters. The van der Waals surface area contributed by atoms with Gasteiger partial charge in [-0.15, -0.1) is 0 Å². The smallest absolute Gasteiger partial charge is 0.425 e. The fourth-order valence-electron chi connectivity index (χ4n) is 2.26. The summed E-state index contributed by atoms with van der Waals surface area (Å²) in [6.45, 7) is 2.32. The van der Waals surface area contributed by atoms with Crippen molar-refractivity contribution in [3.8, 4) is 0 Å². The second-order valence-corrected chi connectivity index (χ2v) is 8.58. The van der Waals surface area contributed by atoms with Gasteiger partial charge in [-0.1, -0.05) is 17.7 Å². The van der Waals surface area contributed by atoms with Crippen LogP contribution in [0.15, 0.2) is 18.2 Å². The summed E-state index contributed by atoms with van der Waals surface area (Å²) >= 11 is 5.98. The van der Waals surface area contributed by atoms with Crippen LogP contribution in [0.5, 0.6) is 0 Å². The monoisotopic (exact) mass is 397 g/mol. The third-order valence-corrected chi connectivity index (χ3v) is 5.08.